The Kier molecular flexibility index (Phi) is 8.65. The Labute approximate surface area is 173 Å². The molecule has 28 heavy (non-hydrogen) atoms. The summed E-state index contributed by atoms with van der Waals surface area (Å²) < 4.78 is 5.76. The standard InChI is InChI=1S/C22H32N4OS/c1-23-22(26-15-13-25(14-16-26)21-10-7-19-28-21)24-12-5-6-17-27-18-11-20-8-3-2-4-9-20/h2-4,7-10,19H,5-6,11-18H2,1H3,(H,23,24). The number of aliphatic imine (C=N–C) groups is 1. The molecule has 0 unspecified atom stereocenters. The number of unbranched alkanes of at least 4 members (excludes halogenated alkanes) is 1. The summed E-state index contributed by atoms with van der Waals surface area (Å²) in [5, 5.41) is 7.03. The van der Waals surface area contributed by atoms with Gasteiger partial charge in [-0.1, -0.05) is 30.3 Å². The summed E-state index contributed by atoms with van der Waals surface area (Å²) in [6, 6.07) is 14.8. The number of rotatable bonds is 9. The maximum absolute atomic E-state index is 5.76. The number of nitrogens with one attached hydrogen (secondary N) is 1. The van der Waals surface area contributed by atoms with Crippen molar-refractivity contribution in [2.75, 3.05) is 57.9 Å². The van der Waals surface area contributed by atoms with E-state index in [-0.39, 0.29) is 0 Å². The summed E-state index contributed by atoms with van der Waals surface area (Å²) >= 11 is 1.82. The minimum Gasteiger partial charge on any atom is -0.381 e. The fourth-order valence-electron chi connectivity index (χ4n) is 3.39. The first-order chi connectivity index (χ1) is 13.9. The van der Waals surface area contributed by atoms with Crippen molar-refractivity contribution in [3.05, 3.63) is 53.4 Å². The monoisotopic (exact) mass is 400 g/mol. The van der Waals surface area contributed by atoms with Crippen molar-refractivity contribution in [1.29, 1.82) is 0 Å². The van der Waals surface area contributed by atoms with Gasteiger partial charge < -0.3 is 19.9 Å². The van der Waals surface area contributed by atoms with Crippen molar-refractivity contribution in [2.45, 2.75) is 19.3 Å². The Balaban J connectivity index is 1.24. The van der Waals surface area contributed by atoms with Crippen molar-refractivity contribution in [2.24, 2.45) is 4.99 Å². The van der Waals surface area contributed by atoms with Crippen LogP contribution in [0.1, 0.15) is 18.4 Å². The summed E-state index contributed by atoms with van der Waals surface area (Å²) in [5.74, 6) is 1.02. The molecule has 3 rings (SSSR count). The van der Waals surface area contributed by atoms with Gasteiger partial charge in [-0.3, -0.25) is 4.99 Å². The molecule has 1 aromatic heterocycles. The lowest BCUT2D eigenvalue weighted by Crippen LogP contribution is -2.52. The molecule has 0 saturated carbocycles. The molecule has 1 fully saturated rings. The first kappa shape index (κ1) is 20.7. The second-order valence-corrected chi connectivity index (χ2v) is 7.88. The number of thiophene rings is 1. The summed E-state index contributed by atoms with van der Waals surface area (Å²) in [7, 11) is 1.88. The van der Waals surface area contributed by atoms with Crippen LogP contribution in [0.25, 0.3) is 0 Å². The molecular formula is C22H32N4OS. The number of hydrogen-bond donors (Lipinski definition) is 1. The number of guanidine groups is 1. The predicted molar refractivity (Wildman–Crippen MR) is 120 cm³/mol. The number of anilines is 1. The van der Waals surface area contributed by atoms with E-state index >= 15 is 0 Å². The fraction of sp³-hybridized carbons (Fsp3) is 0.500. The van der Waals surface area contributed by atoms with Crippen molar-refractivity contribution in [3.8, 4) is 0 Å². The Bertz CT molecular complexity index is 682. The van der Waals surface area contributed by atoms with Gasteiger partial charge in [-0.05, 0) is 42.3 Å². The van der Waals surface area contributed by atoms with E-state index in [0.717, 1.165) is 71.2 Å². The van der Waals surface area contributed by atoms with E-state index in [1.165, 1.54) is 10.6 Å². The van der Waals surface area contributed by atoms with Gasteiger partial charge in [0.05, 0.1) is 11.6 Å². The highest BCUT2D eigenvalue weighted by Crippen LogP contribution is 2.22. The average Bonchev–Trinajstić information content (AvgIpc) is 3.29. The first-order valence-corrected chi connectivity index (χ1v) is 11.1. The molecule has 0 atom stereocenters. The van der Waals surface area contributed by atoms with Crippen LogP contribution in [0.2, 0.25) is 0 Å². The van der Waals surface area contributed by atoms with Gasteiger partial charge in [0.1, 0.15) is 0 Å². The van der Waals surface area contributed by atoms with Crippen LogP contribution in [0.3, 0.4) is 0 Å². The molecule has 0 amide bonds. The van der Waals surface area contributed by atoms with Crippen molar-refractivity contribution < 1.29 is 4.74 Å². The van der Waals surface area contributed by atoms with Gasteiger partial charge in [0, 0.05) is 46.4 Å². The maximum Gasteiger partial charge on any atom is 0.193 e. The number of hydrogen-bond acceptors (Lipinski definition) is 4. The zero-order valence-electron chi connectivity index (χ0n) is 16.8. The van der Waals surface area contributed by atoms with Gasteiger partial charge in [0.25, 0.3) is 0 Å². The largest absolute Gasteiger partial charge is 0.381 e. The van der Waals surface area contributed by atoms with Gasteiger partial charge in [-0.25, -0.2) is 0 Å². The molecule has 1 N–H and O–H groups in total. The molecule has 1 aromatic carbocycles. The molecule has 1 saturated heterocycles. The predicted octanol–water partition coefficient (Wildman–Crippen LogP) is 3.49. The minimum absolute atomic E-state index is 0.799. The summed E-state index contributed by atoms with van der Waals surface area (Å²) in [6.45, 7) is 6.70. The van der Waals surface area contributed by atoms with Gasteiger partial charge in [-0.15, -0.1) is 11.3 Å². The van der Waals surface area contributed by atoms with Crippen LogP contribution in [0.4, 0.5) is 5.00 Å². The van der Waals surface area contributed by atoms with Gasteiger partial charge in [-0.2, -0.15) is 0 Å². The molecule has 2 heterocycles. The van der Waals surface area contributed by atoms with Crippen LogP contribution in [0.15, 0.2) is 52.8 Å². The molecule has 6 heteroatoms. The van der Waals surface area contributed by atoms with E-state index in [1.807, 2.05) is 18.4 Å². The van der Waals surface area contributed by atoms with Gasteiger partial charge in [0.2, 0.25) is 0 Å². The molecule has 0 spiro atoms. The molecule has 5 nitrogen and oxygen atoms in total. The first-order valence-electron chi connectivity index (χ1n) is 10.2. The topological polar surface area (TPSA) is 40.1 Å². The molecule has 1 aliphatic rings. The lowest BCUT2D eigenvalue weighted by Gasteiger charge is -2.37. The average molecular weight is 401 g/mol. The van der Waals surface area contributed by atoms with Crippen LogP contribution in [0, 0.1) is 0 Å². The quantitative estimate of drug-likeness (QED) is 0.397. The molecule has 152 valence electrons. The van der Waals surface area contributed by atoms with E-state index in [9.17, 15) is 0 Å². The van der Waals surface area contributed by atoms with Crippen LogP contribution in [-0.2, 0) is 11.2 Å². The highest BCUT2D eigenvalue weighted by atomic mass is 32.1. The van der Waals surface area contributed by atoms with Crippen molar-refractivity contribution in [1.82, 2.24) is 10.2 Å². The van der Waals surface area contributed by atoms with E-state index in [0.29, 0.717) is 0 Å². The molecule has 0 bridgehead atoms. The Hall–Kier alpha value is -2.05. The normalized spacial score (nSPS) is 15.1. The smallest absolute Gasteiger partial charge is 0.193 e. The van der Waals surface area contributed by atoms with Crippen LogP contribution in [-0.4, -0.2) is 63.8 Å². The van der Waals surface area contributed by atoms with E-state index < -0.39 is 0 Å². The second-order valence-electron chi connectivity index (χ2n) is 6.95. The number of ether oxygens (including phenoxy) is 1. The second kappa shape index (κ2) is 11.7. The minimum atomic E-state index is 0.799. The highest BCUT2D eigenvalue weighted by Gasteiger charge is 2.19. The third kappa shape index (κ3) is 6.53. The van der Waals surface area contributed by atoms with Crippen molar-refractivity contribution >= 4 is 22.3 Å². The van der Waals surface area contributed by atoms with E-state index in [1.54, 1.807) is 0 Å². The third-order valence-electron chi connectivity index (χ3n) is 4.99. The Morgan fingerprint density at radius 2 is 1.86 bits per heavy atom. The number of piperazine rings is 1. The van der Waals surface area contributed by atoms with E-state index in [2.05, 4.69) is 68.0 Å². The zero-order chi connectivity index (χ0) is 19.4. The molecular weight excluding hydrogens is 368 g/mol. The lowest BCUT2D eigenvalue weighted by atomic mass is 10.2. The summed E-state index contributed by atoms with van der Waals surface area (Å²) in [6.07, 6.45) is 3.16. The summed E-state index contributed by atoms with van der Waals surface area (Å²) in [4.78, 5) is 9.29. The van der Waals surface area contributed by atoms with Crippen LogP contribution < -0.4 is 10.2 Å². The summed E-state index contributed by atoms with van der Waals surface area (Å²) in [5.41, 5.74) is 1.34. The Morgan fingerprint density at radius 3 is 2.57 bits per heavy atom. The molecule has 1 aliphatic heterocycles. The third-order valence-corrected chi connectivity index (χ3v) is 5.91. The molecule has 0 radical (unpaired) electrons. The highest BCUT2D eigenvalue weighted by molar-refractivity contribution is 7.14. The van der Waals surface area contributed by atoms with Crippen LogP contribution >= 0.6 is 11.3 Å². The van der Waals surface area contributed by atoms with Crippen LogP contribution in [0.5, 0.6) is 0 Å². The van der Waals surface area contributed by atoms with Gasteiger partial charge in [0.15, 0.2) is 5.96 Å². The molecule has 2 aromatic rings. The van der Waals surface area contributed by atoms with Crippen molar-refractivity contribution in [3.63, 3.8) is 0 Å². The SMILES string of the molecule is CN=C(NCCCCOCCc1ccccc1)N1CCN(c2cccs2)CC1. The van der Waals surface area contributed by atoms with Gasteiger partial charge >= 0.3 is 0 Å². The zero-order valence-corrected chi connectivity index (χ0v) is 17.7. The number of nitrogens with zero attached hydrogens (tertiary/aromatic N) is 3. The maximum atomic E-state index is 5.76. The lowest BCUT2D eigenvalue weighted by molar-refractivity contribution is 0.133. The number of benzene rings is 1. The fourth-order valence-corrected chi connectivity index (χ4v) is 4.17. The van der Waals surface area contributed by atoms with E-state index in [4.69, 9.17) is 4.74 Å². The Morgan fingerprint density at radius 1 is 1.04 bits per heavy atom. The molecule has 0 aliphatic carbocycles.